The zero-order valence-corrected chi connectivity index (χ0v) is 18.7. The Bertz CT molecular complexity index is 753. The second-order valence-electron chi connectivity index (χ2n) is 11.1. The minimum atomic E-state index is -1.04. The van der Waals surface area contributed by atoms with E-state index in [1.165, 1.54) is 0 Å². The van der Waals surface area contributed by atoms with E-state index in [2.05, 4.69) is 19.2 Å². The fourth-order valence-corrected chi connectivity index (χ4v) is 5.08. The first-order valence-electron chi connectivity index (χ1n) is 11.0. The first-order valence-corrected chi connectivity index (χ1v) is 11.0. The van der Waals surface area contributed by atoms with Crippen LogP contribution in [0.4, 0.5) is 0 Å². The quantitative estimate of drug-likeness (QED) is 0.518. The van der Waals surface area contributed by atoms with E-state index in [1.54, 1.807) is 4.90 Å². The second-order valence-corrected chi connectivity index (χ2v) is 11.1. The maximum Gasteiger partial charge on any atom is 0.287 e. The lowest BCUT2D eigenvalue weighted by Gasteiger charge is -2.36. The normalized spacial score (nSPS) is 29.4. The van der Waals surface area contributed by atoms with Crippen LogP contribution in [0.5, 0.6) is 0 Å². The van der Waals surface area contributed by atoms with Gasteiger partial charge < -0.3 is 21.7 Å². The van der Waals surface area contributed by atoms with E-state index in [4.69, 9.17) is 11.5 Å². The van der Waals surface area contributed by atoms with Gasteiger partial charge in [0.15, 0.2) is 0 Å². The number of hydrogen-bond acceptors (Lipinski definition) is 5. The Kier molecular flexibility index (Phi) is 5.77. The number of nitrogens with one attached hydrogen (secondary N) is 1. The van der Waals surface area contributed by atoms with Crippen molar-refractivity contribution >= 4 is 23.5 Å². The van der Waals surface area contributed by atoms with Crippen LogP contribution in [0, 0.1) is 28.6 Å². The highest BCUT2D eigenvalue weighted by Gasteiger charge is 2.69. The first kappa shape index (κ1) is 22.7. The number of nitrogens with zero attached hydrogens (tertiary/aromatic N) is 1. The Morgan fingerprint density at radius 1 is 1.17 bits per heavy atom. The maximum atomic E-state index is 13.3. The zero-order chi connectivity index (χ0) is 22.6. The highest BCUT2D eigenvalue weighted by Crippen LogP contribution is 2.65. The van der Waals surface area contributed by atoms with Crippen molar-refractivity contribution in [2.75, 3.05) is 6.54 Å². The summed E-state index contributed by atoms with van der Waals surface area (Å²) in [7, 11) is 0. The van der Waals surface area contributed by atoms with E-state index in [-0.39, 0.29) is 29.1 Å². The molecule has 0 spiro atoms. The summed E-state index contributed by atoms with van der Waals surface area (Å²) >= 11 is 0. The largest absolute Gasteiger partial charge is 0.363 e. The molecule has 0 aromatic heterocycles. The van der Waals surface area contributed by atoms with Gasteiger partial charge >= 0.3 is 0 Å². The lowest BCUT2D eigenvalue weighted by molar-refractivity contribution is -0.144. The number of ketones is 1. The van der Waals surface area contributed by atoms with Crippen LogP contribution >= 0.6 is 0 Å². The summed E-state index contributed by atoms with van der Waals surface area (Å²) in [6.45, 7) is 10.3. The van der Waals surface area contributed by atoms with Crippen LogP contribution in [-0.4, -0.2) is 53.1 Å². The van der Waals surface area contributed by atoms with E-state index < -0.39 is 35.2 Å². The number of rotatable bonds is 7. The van der Waals surface area contributed by atoms with Crippen molar-refractivity contribution in [3.63, 3.8) is 0 Å². The van der Waals surface area contributed by atoms with Crippen molar-refractivity contribution in [2.24, 2.45) is 40.1 Å². The molecular weight excluding hydrogens is 384 g/mol. The highest BCUT2D eigenvalue weighted by atomic mass is 16.2. The van der Waals surface area contributed by atoms with E-state index in [0.717, 1.165) is 19.3 Å². The minimum absolute atomic E-state index is 0.0154. The monoisotopic (exact) mass is 420 g/mol. The number of primary amides is 1. The average Bonchev–Trinajstić information content (AvgIpc) is 2.95. The molecule has 3 fully saturated rings. The second kappa shape index (κ2) is 7.62. The molecule has 0 radical (unpaired) electrons. The first-order chi connectivity index (χ1) is 13.8. The summed E-state index contributed by atoms with van der Waals surface area (Å²) in [6, 6.07) is -2.35. The predicted molar refractivity (Wildman–Crippen MR) is 112 cm³/mol. The Hall–Kier alpha value is -1.96. The molecule has 8 heteroatoms. The van der Waals surface area contributed by atoms with Gasteiger partial charge in [0, 0.05) is 6.54 Å². The summed E-state index contributed by atoms with van der Waals surface area (Å²) in [6.07, 6.45) is 3.45. The topological polar surface area (TPSA) is 136 Å². The van der Waals surface area contributed by atoms with Gasteiger partial charge in [-0.15, -0.1) is 0 Å². The van der Waals surface area contributed by atoms with E-state index >= 15 is 0 Å². The van der Waals surface area contributed by atoms with Crippen molar-refractivity contribution in [3.8, 4) is 0 Å². The third-order valence-electron chi connectivity index (χ3n) is 7.63. The SMILES string of the molecule is CC(C)(C)C(N)C(=O)N1C[C@H]2[C@@H](C1C(=O)NC(CC1CCC1)C(=O)C(N)=O)C2(C)C. The smallest absolute Gasteiger partial charge is 0.287 e. The Morgan fingerprint density at radius 3 is 2.23 bits per heavy atom. The fraction of sp³-hybridized carbons (Fsp3) is 0.818. The summed E-state index contributed by atoms with van der Waals surface area (Å²) in [5.41, 5.74) is 10.9. The van der Waals surface area contributed by atoms with Crippen LogP contribution < -0.4 is 16.8 Å². The van der Waals surface area contributed by atoms with Crippen LogP contribution in [0.2, 0.25) is 0 Å². The molecule has 5 N–H and O–H groups in total. The van der Waals surface area contributed by atoms with E-state index in [1.807, 2.05) is 20.8 Å². The van der Waals surface area contributed by atoms with E-state index in [0.29, 0.717) is 18.9 Å². The number of Topliss-reactive ketones (excluding diaryl/α,β-unsaturated/α-hetero) is 1. The predicted octanol–water partition coefficient (Wildman–Crippen LogP) is 0.572. The van der Waals surface area contributed by atoms with Crippen LogP contribution in [0.3, 0.4) is 0 Å². The van der Waals surface area contributed by atoms with Crippen molar-refractivity contribution in [2.45, 2.75) is 78.4 Å². The third kappa shape index (κ3) is 3.98. The number of likely N-dealkylation sites (tertiary alicyclic amines) is 1. The van der Waals surface area contributed by atoms with Gasteiger partial charge in [-0.3, -0.25) is 19.2 Å². The molecule has 5 atom stereocenters. The molecule has 0 aromatic carbocycles. The number of amides is 3. The molecular formula is C22H36N4O4. The van der Waals surface area contributed by atoms with Gasteiger partial charge in [0.05, 0.1) is 12.1 Å². The molecule has 8 nitrogen and oxygen atoms in total. The molecule has 0 bridgehead atoms. The van der Waals surface area contributed by atoms with Gasteiger partial charge in [-0.05, 0) is 35.0 Å². The lowest BCUT2D eigenvalue weighted by atomic mass is 9.80. The van der Waals surface area contributed by atoms with Gasteiger partial charge in [-0.1, -0.05) is 53.9 Å². The third-order valence-corrected chi connectivity index (χ3v) is 7.63. The number of carbonyl (C=O) groups is 4. The van der Waals surface area contributed by atoms with Crippen LogP contribution in [0.15, 0.2) is 0 Å². The number of piperidine rings is 1. The van der Waals surface area contributed by atoms with E-state index in [9.17, 15) is 19.2 Å². The molecule has 0 aromatic rings. The summed E-state index contributed by atoms with van der Waals surface area (Å²) in [5.74, 6) is -1.91. The molecule has 1 aliphatic heterocycles. The number of nitrogens with two attached hydrogens (primary N) is 2. The van der Waals surface area contributed by atoms with Crippen LogP contribution in [0.1, 0.15) is 60.3 Å². The molecule has 1 saturated heterocycles. The van der Waals surface area contributed by atoms with Gasteiger partial charge in [-0.2, -0.15) is 0 Å². The van der Waals surface area contributed by atoms with Crippen molar-refractivity contribution in [1.29, 1.82) is 0 Å². The van der Waals surface area contributed by atoms with Gasteiger partial charge in [-0.25, -0.2) is 0 Å². The van der Waals surface area contributed by atoms with Gasteiger partial charge in [0.2, 0.25) is 17.6 Å². The summed E-state index contributed by atoms with van der Waals surface area (Å²) < 4.78 is 0. The van der Waals surface area contributed by atoms with Crippen LogP contribution in [0.25, 0.3) is 0 Å². The Balaban J connectivity index is 1.79. The van der Waals surface area contributed by atoms with Crippen molar-refractivity contribution in [1.82, 2.24) is 10.2 Å². The molecule has 30 heavy (non-hydrogen) atoms. The van der Waals surface area contributed by atoms with Crippen molar-refractivity contribution in [3.05, 3.63) is 0 Å². The summed E-state index contributed by atoms with van der Waals surface area (Å²) in [5, 5.41) is 2.77. The average molecular weight is 421 g/mol. The van der Waals surface area contributed by atoms with Crippen molar-refractivity contribution < 1.29 is 19.2 Å². The molecule has 3 rings (SSSR count). The minimum Gasteiger partial charge on any atom is -0.363 e. The number of carbonyl (C=O) groups excluding carboxylic acids is 4. The molecule has 168 valence electrons. The number of fused-ring (bicyclic) bond motifs is 1. The zero-order valence-electron chi connectivity index (χ0n) is 18.7. The highest BCUT2D eigenvalue weighted by molar-refractivity contribution is 6.37. The molecule has 3 amide bonds. The summed E-state index contributed by atoms with van der Waals surface area (Å²) in [4.78, 5) is 51.9. The van der Waals surface area contributed by atoms with Gasteiger partial charge in [0.1, 0.15) is 6.04 Å². The Labute approximate surface area is 178 Å². The molecule has 3 unspecified atom stereocenters. The standard InChI is InChI=1S/C22H36N4O4/c1-21(2,3)17(23)20(30)26-10-12-14(22(12,4)5)15(26)19(29)25-13(16(27)18(24)28)9-11-7-6-8-11/h11-15,17H,6-10,23H2,1-5H3,(H2,24,28)(H,25,29)/t12-,13?,14-,15?,17?/m0/s1. The molecule has 3 aliphatic rings. The van der Waals surface area contributed by atoms with Gasteiger partial charge in [0.25, 0.3) is 5.91 Å². The van der Waals surface area contributed by atoms with Crippen LogP contribution in [-0.2, 0) is 19.2 Å². The molecule has 2 saturated carbocycles. The molecule has 2 aliphatic carbocycles. The molecule has 1 heterocycles. The fourth-order valence-electron chi connectivity index (χ4n) is 5.08. The number of hydrogen-bond donors (Lipinski definition) is 3. The lowest BCUT2D eigenvalue weighted by Crippen LogP contribution is -2.59. The maximum absolute atomic E-state index is 13.3. The Morgan fingerprint density at radius 2 is 1.77 bits per heavy atom.